The molecule has 0 spiro atoms. The Morgan fingerprint density at radius 1 is 1.12 bits per heavy atom. The number of nitrogens with zero attached hydrogens (tertiary/aromatic N) is 3. The van der Waals surface area contributed by atoms with Crippen molar-refractivity contribution in [1.29, 1.82) is 0 Å². The molecule has 0 bridgehead atoms. The van der Waals surface area contributed by atoms with Crippen LogP contribution in [0.3, 0.4) is 0 Å². The summed E-state index contributed by atoms with van der Waals surface area (Å²) in [6.07, 6.45) is 1.85. The van der Waals surface area contributed by atoms with Crippen LogP contribution in [-0.4, -0.2) is 19.7 Å². The number of nitrogen functional groups attached to an aromatic ring is 1. The van der Waals surface area contributed by atoms with E-state index in [9.17, 15) is 5.11 Å². The number of aromatic hydroxyl groups is 1. The normalized spacial score (nSPS) is 10.8. The topological polar surface area (TPSA) is 76.4 Å². The summed E-state index contributed by atoms with van der Waals surface area (Å²) in [4.78, 5) is 0. The number of nitrogens with two attached hydrogens (primary N) is 1. The van der Waals surface area contributed by atoms with Crippen LogP contribution in [0.5, 0.6) is 5.75 Å². The molecule has 0 saturated carbocycles. The second kappa shape index (κ2) is 3.48. The van der Waals surface area contributed by atoms with Crippen molar-refractivity contribution in [3.8, 4) is 17.1 Å². The number of hydrogen-bond donors (Lipinski definition) is 2. The predicted octanol–water partition coefficient (Wildman–Crippen LogP) is 1.68. The van der Waals surface area contributed by atoms with Crippen LogP contribution >= 0.6 is 0 Å². The molecule has 0 aliphatic rings. The highest BCUT2D eigenvalue weighted by Crippen LogP contribution is 2.29. The molecule has 3 rings (SSSR count). The number of phenols is 1. The lowest BCUT2D eigenvalue weighted by Crippen LogP contribution is -1.90. The van der Waals surface area contributed by atoms with Crippen LogP contribution in [-0.2, 0) is 0 Å². The van der Waals surface area contributed by atoms with E-state index in [0.717, 1.165) is 5.65 Å². The average molecular weight is 226 g/mol. The average Bonchev–Trinajstić information content (AvgIpc) is 2.73. The Hall–Kier alpha value is -2.56. The smallest absolute Gasteiger partial charge is 0.172 e. The molecule has 0 radical (unpaired) electrons. The fourth-order valence-electron chi connectivity index (χ4n) is 1.76. The third-order valence-corrected chi connectivity index (χ3v) is 2.58. The highest BCUT2D eigenvalue weighted by Gasteiger charge is 2.11. The van der Waals surface area contributed by atoms with E-state index in [1.54, 1.807) is 12.1 Å². The highest BCUT2D eigenvalue weighted by atomic mass is 16.3. The lowest BCUT2D eigenvalue weighted by Gasteiger charge is -2.03. The molecular weight excluding hydrogens is 216 g/mol. The Bertz CT molecular complexity index is 690. The first-order valence-electron chi connectivity index (χ1n) is 5.14. The second-order valence-corrected chi connectivity index (χ2v) is 3.73. The monoisotopic (exact) mass is 226 g/mol. The number of anilines is 1. The Labute approximate surface area is 97.1 Å². The summed E-state index contributed by atoms with van der Waals surface area (Å²) in [6, 6.07) is 10.6. The number of aromatic nitrogens is 3. The maximum atomic E-state index is 9.86. The van der Waals surface area contributed by atoms with Gasteiger partial charge in [-0.1, -0.05) is 6.07 Å². The van der Waals surface area contributed by atoms with Gasteiger partial charge in [0.25, 0.3) is 0 Å². The third-order valence-electron chi connectivity index (χ3n) is 2.58. The summed E-state index contributed by atoms with van der Waals surface area (Å²) < 4.78 is 1.81. The molecule has 3 N–H and O–H groups in total. The van der Waals surface area contributed by atoms with Gasteiger partial charge >= 0.3 is 0 Å². The van der Waals surface area contributed by atoms with Gasteiger partial charge in [-0.05, 0) is 24.3 Å². The highest BCUT2D eigenvalue weighted by molar-refractivity contribution is 5.69. The van der Waals surface area contributed by atoms with E-state index < -0.39 is 0 Å². The quantitative estimate of drug-likeness (QED) is 0.619. The van der Waals surface area contributed by atoms with Crippen molar-refractivity contribution < 1.29 is 5.11 Å². The van der Waals surface area contributed by atoms with Crippen molar-refractivity contribution in [2.24, 2.45) is 0 Å². The van der Waals surface area contributed by atoms with E-state index in [1.165, 1.54) is 6.07 Å². The van der Waals surface area contributed by atoms with Crippen molar-refractivity contribution in [2.75, 3.05) is 5.73 Å². The van der Waals surface area contributed by atoms with Crippen LogP contribution < -0.4 is 5.73 Å². The van der Waals surface area contributed by atoms with E-state index in [2.05, 4.69) is 10.2 Å². The maximum Gasteiger partial charge on any atom is 0.172 e. The van der Waals surface area contributed by atoms with Crippen LogP contribution in [0.4, 0.5) is 5.69 Å². The molecule has 0 amide bonds. The van der Waals surface area contributed by atoms with Crippen LogP contribution in [0.1, 0.15) is 0 Å². The van der Waals surface area contributed by atoms with Crippen molar-refractivity contribution in [2.45, 2.75) is 0 Å². The number of phenolic OH excluding ortho intramolecular Hbond substituents is 1. The van der Waals surface area contributed by atoms with Gasteiger partial charge in [0.15, 0.2) is 11.5 Å². The van der Waals surface area contributed by atoms with E-state index in [1.807, 2.05) is 28.8 Å². The molecule has 2 heterocycles. The number of rotatable bonds is 1. The molecule has 0 unspecified atom stereocenters. The van der Waals surface area contributed by atoms with Crippen LogP contribution in [0.2, 0.25) is 0 Å². The molecule has 0 atom stereocenters. The SMILES string of the molecule is Nc1ccc(-c2nnc3ccccn23)c(O)c1. The number of pyridine rings is 1. The van der Waals surface area contributed by atoms with E-state index in [-0.39, 0.29) is 5.75 Å². The minimum atomic E-state index is 0.100. The van der Waals surface area contributed by atoms with Crippen molar-refractivity contribution in [3.63, 3.8) is 0 Å². The largest absolute Gasteiger partial charge is 0.507 e. The second-order valence-electron chi connectivity index (χ2n) is 3.73. The zero-order valence-electron chi connectivity index (χ0n) is 8.91. The van der Waals surface area contributed by atoms with Crippen molar-refractivity contribution in [1.82, 2.24) is 14.6 Å². The maximum absolute atomic E-state index is 9.86. The minimum Gasteiger partial charge on any atom is -0.507 e. The molecule has 2 aromatic heterocycles. The Morgan fingerprint density at radius 3 is 2.82 bits per heavy atom. The van der Waals surface area contributed by atoms with E-state index in [4.69, 9.17) is 5.73 Å². The lowest BCUT2D eigenvalue weighted by atomic mass is 10.1. The molecule has 3 aromatic rings. The molecule has 1 aromatic carbocycles. The van der Waals surface area contributed by atoms with Gasteiger partial charge in [-0.3, -0.25) is 4.40 Å². The fourth-order valence-corrected chi connectivity index (χ4v) is 1.76. The van der Waals surface area contributed by atoms with Crippen molar-refractivity contribution >= 4 is 11.3 Å². The zero-order chi connectivity index (χ0) is 11.8. The molecule has 0 fully saturated rings. The number of fused-ring (bicyclic) bond motifs is 1. The number of benzene rings is 1. The van der Waals surface area contributed by atoms with Crippen LogP contribution in [0.15, 0.2) is 42.6 Å². The molecule has 84 valence electrons. The summed E-state index contributed by atoms with van der Waals surface area (Å²) in [5.41, 5.74) is 7.45. The molecular formula is C12H10N4O. The summed E-state index contributed by atoms with van der Waals surface area (Å²) >= 11 is 0. The van der Waals surface area contributed by atoms with Gasteiger partial charge in [-0.2, -0.15) is 0 Å². The first-order chi connectivity index (χ1) is 8.25. The van der Waals surface area contributed by atoms with Gasteiger partial charge in [-0.15, -0.1) is 10.2 Å². The van der Waals surface area contributed by atoms with Gasteiger partial charge in [0.05, 0.1) is 5.56 Å². The summed E-state index contributed by atoms with van der Waals surface area (Å²) in [5, 5.41) is 18.0. The van der Waals surface area contributed by atoms with E-state index >= 15 is 0 Å². The van der Waals surface area contributed by atoms with Gasteiger partial charge in [0.1, 0.15) is 5.75 Å². The molecule has 0 saturated heterocycles. The summed E-state index contributed by atoms with van der Waals surface area (Å²) in [6.45, 7) is 0. The van der Waals surface area contributed by atoms with Gasteiger partial charge < -0.3 is 10.8 Å². The third kappa shape index (κ3) is 1.48. The lowest BCUT2D eigenvalue weighted by molar-refractivity contribution is 0.477. The summed E-state index contributed by atoms with van der Waals surface area (Å²) in [7, 11) is 0. The fraction of sp³-hybridized carbons (Fsp3) is 0. The molecule has 0 aliphatic carbocycles. The standard InChI is InChI=1S/C12H10N4O/c13-8-4-5-9(10(17)7-8)12-15-14-11-3-1-2-6-16(11)12/h1-7,17H,13H2. The molecule has 17 heavy (non-hydrogen) atoms. The van der Waals surface area contributed by atoms with Crippen LogP contribution in [0, 0.1) is 0 Å². The predicted molar refractivity (Wildman–Crippen MR) is 64.5 cm³/mol. The minimum absolute atomic E-state index is 0.100. The summed E-state index contributed by atoms with van der Waals surface area (Å²) in [5.74, 6) is 0.696. The Kier molecular flexibility index (Phi) is 1.98. The number of hydrogen-bond acceptors (Lipinski definition) is 4. The van der Waals surface area contributed by atoms with E-state index in [0.29, 0.717) is 17.1 Å². The zero-order valence-corrected chi connectivity index (χ0v) is 8.91. The molecule has 5 heteroatoms. The first-order valence-corrected chi connectivity index (χ1v) is 5.14. The Balaban J connectivity index is 2.27. The first kappa shape index (κ1) is 9.65. The Morgan fingerprint density at radius 2 is 2.00 bits per heavy atom. The molecule has 0 aliphatic heterocycles. The van der Waals surface area contributed by atoms with Crippen LogP contribution in [0.25, 0.3) is 17.0 Å². The van der Waals surface area contributed by atoms with Gasteiger partial charge in [0, 0.05) is 18.0 Å². The van der Waals surface area contributed by atoms with Gasteiger partial charge in [0.2, 0.25) is 0 Å². The van der Waals surface area contributed by atoms with Crippen molar-refractivity contribution in [3.05, 3.63) is 42.6 Å². The molecule has 5 nitrogen and oxygen atoms in total. The van der Waals surface area contributed by atoms with Gasteiger partial charge in [-0.25, -0.2) is 0 Å².